The highest BCUT2D eigenvalue weighted by Crippen LogP contribution is 2.30. The van der Waals surface area contributed by atoms with Gasteiger partial charge < -0.3 is 20.3 Å². The molecule has 0 aliphatic carbocycles. The van der Waals surface area contributed by atoms with Gasteiger partial charge in [-0.05, 0) is 72.1 Å². The summed E-state index contributed by atoms with van der Waals surface area (Å²) in [7, 11) is -4.06. The van der Waals surface area contributed by atoms with Gasteiger partial charge in [-0.3, -0.25) is 0 Å². The number of aliphatic hydroxyl groups is 1. The minimum atomic E-state index is -4.06. The fraction of sp³-hybridized carbons (Fsp3) is 0.188. The third-order valence-corrected chi connectivity index (χ3v) is 8.40. The van der Waals surface area contributed by atoms with E-state index in [1.54, 1.807) is 0 Å². The molecule has 43 heavy (non-hydrogen) atoms. The molecule has 4 aromatic rings. The smallest absolute Gasteiger partial charge is 0.285 e. The van der Waals surface area contributed by atoms with E-state index >= 15 is 0 Å². The molecule has 1 aliphatic rings. The zero-order chi connectivity index (χ0) is 30.4. The van der Waals surface area contributed by atoms with Crippen LogP contribution in [0.15, 0.2) is 118 Å². The lowest BCUT2D eigenvalue weighted by Crippen LogP contribution is -2.33. The van der Waals surface area contributed by atoms with Crippen LogP contribution in [-0.2, 0) is 21.4 Å². The standard InChI is InChI=1S/C32H31ClN4O5S/c1-2-41-31(38)25-10-8-22(9-11-25)21-42-27-16-12-24(13-17-27)30-29(23-6-4-3-5-7-23)20-37(35-30)32(34)36-43(39,40)28-18-14-26(33)15-19-28/h3-19,29,31,38H,2,20-21H2,1H3,(H2,34,36). The fourth-order valence-corrected chi connectivity index (χ4v) is 5.65. The third kappa shape index (κ3) is 7.41. The number of hydrazone groups is 1. The van der Waals surface area contributed by atoms with Crippen molar-refractivity contribution in [1.82, 2.24) is 5.01 Å². The van der Waals surface area contributed by atoms with Crippen LogP contribution in [0.5, 0.6) is 5.75 Å². The monoisotopic (exact) mass is 618 g/mol. The van der Waals surface area contributed by atoms with Gasteiger partial charge in [0.2, 0.25) is 5.96 Å². The number of benzene rings is 4. The maximum absolute atomic E-state index is 12.9. The van der Waals surface area contributed by atoms with E-state index in [0.29, 0.717) is 36.1 Å². The molecule has 1 heterocycles. The van der Waals surface area contributed by atoms with Gasteiger partial charge in [0.05, 0.1) is 17.2 Å². The number of rotatable bonds is 10. The number of nitrogens with zero attached hydrogens (tertiary/aromatic N) is 3. The molecule has 222 valence electrons. The average Bonchev–Trinajstić information content (AvgIpc) is 3.47. The Hall–Kier alpha value is -4.22. The maximum Gasteiger partial charge on any atom is 0.285 e. The van der Waals surface area contributed by atoms with Gasteiger partial charge >= 0.3 is 0 Å². The molecule has 1 aliphatic heterocycles. The quantitative estimate of drug-likeness (QED) is 0.137. The Morgan fingerprint density at radius 2 is 1.70 bits per heavy atom. The number of aliphatic hydroxyl groups excluding tert-OH is 1. The summed E-state index contributed by atoms with van der Waals surface area (Å²) >= 11 is 5.90. The molecule has 0 saturated carbocycles. The third-order valence-electron chi connectivity index (χ3n) is 6.85. The Morgan fingerprint density at radius 3 is 2.35 bits per heavy atom. The number of guanidine groups is 1. The summed E-state index contributed by atoms with van der Waals surface area (Å²) in [5.41, 5.74) is 10.4. The van der Waals surface area contributed by atoms with Crippen molar-refractivity contribution in [2.24, 2.45) is 15.2 Å². The van der Waals surface area contributed by atoms with E-state index in [4.69, 9.17) is 31.9 Å². The molecular formula is C32H31ClN4O5S. The zero-order valence-corrected chi connectivity index (χ0v) is 24.9. The topological polar surface area (TPSA) is 127 Å². The van der Waals surface area contributed by atoms with Crippen molar-refractivity contribution < 1.29 is 23.0 Å². The summed E-state index contributed by atoms with van der Waals surface area (Å²) in [4.78, 5) is -0.0162. The molecule has 0 bridgehead atoms. The van der Waals surface area contributed by atoms with Crippen LogP contribution in [0.25, 0.3) is 0 Å². The average molecular weight is 619 g/mol. The highest BCUT2D eigenvalue weighted by molar-refractivity contribution is 7.90. The normalized spacial score (nSPS) is 16.2. The van der Waals surface area contributed by atoms with Crippen molar-refractivity contribution in [2.75, 3.05) is 13.2 Å². The Labute approximate surface area is 255 Å². The first-order valence-electron chi connectivity index (χ1n) is 13.6. The van der Waals surface area contributed by atoms with Crippen LogP contribution >= 0.6 is 11.6 Å². The first-order chi connectivity index (χ1) is 20.7. The first-order valence-corrected chi connectivity index (χ1v) is 15.4. The van der Waals surface area contributed by atoms with Crippen molar-refractivity contribution in [3.63, 3.8) is 0 Å². The van der Waals surface area contributed by atoms with E-state index in [1.165, 1.54) is 29.3 Å². The fourth-order valence-electron chi connectivity index (χ4n) is 4.60. The minimum absolute atomic E-state index is 0.0162. The Kier molecular flexibility index (Phi) is 9.42. The summed E-state index contributed by atoms with van der Waals surface area (Å²) in [6.45, 7) is 2.91. The highest BCUT2D eigenvalue weighted by atomic mass is 35.5. The van der Waals surface area contributed by atoms with Gasteiger partial charge in [0.1, 0.15) is 12.4 Å². The second-order valence-electron chi connectivity index (χ2n) is 9.77. The summed E-state index contributed by atoms with van der Waals surface area (Å²) in [5.74, 6) is 0.264. The summed E-state index contributed by atoms with van der Waals surface area (Å²) < 4.78 is 40.8. The molecule has 5 rings (SSSR count). The SMILES string of the molecule is CCOC(O)c1ccc(COc2ccc(C3=NN(/C(N)=N/S(=O)(=O)c4ccc(Cl)cc4)CC3c3ccccc3)cc2)cc1. The van der Waals surface area contributed by atoms with E-state index in [-0.39, 0.29) is 16.8 Å². The molecule has 0 saturated heterocycles. The largest absolute Gasteiger partial charge is 0.489 e. The number of sulfonamides is 1. The highest BCUT2D eigenvalue weighted by Gasteiger charge is 2.31. The molecule has 3 N–H and O–H groups in total. The van der Waals surface area contributed by atoms with Crippen molar-refractivity contribution in [2.45, 2.75) is 30.6 Å². The van der Waals surface area contributed by atoms with Crippen LogP contribution in [0.2, 0.25) is 5.02 Å². The predicted molar refractivity (Wildman–Crippen MR) is 166 cm³/mol. The Bertz CT molecular complexity index is 1700. The lowest BCUT2D eigenvalue weighted by Gasteiger charge is -2.16. The number of hydrogen-bond acceptors (Lipinski definition) is 6. The van der Waals surface area contributed by atoms with Gasteiger partial charge in [-0.25, -0.2) is 5.01 Å². The first kappa shape index (κ1) is 30.2. The van der Waals surface area contributed by atoms with E-state index in [9.17, 15) is 13.5 Å². The summed E-state index contributed by atoms with van der Waals surface area (Å²) in [6.07, 6.45) is -0.948. The second kappa shape index (κ2) is 13.4. The molecule has 2 atom stereocenters. The number of halogens is 1. The molecular weight excluding hydrogens is 588 g/mol. The Balaban J connectivity index is 1.34. The van der Waals surface area contributed by atoms with Crippen LogP contribution in [0.3, 0.4) is 0 Å². The van der Waals surface area contributed by atoms with Crippen LogP contribution in [-0.4, -0.2) is 43.4 Å². The van der Waals surface area contributed by atoms with E-state index in [2.05, 4.69) is 4.40 Å². The van der Waals surface area contributed by atoms with Gasteiger partial charge in [0.15, 0.2) is 6.29 Å². The lowest BCUT2D eigenvalue weighted by atomic mass is 9.90. The van der Waals surface area contributed by atoms with Crippen LogP contribution in [0.4, 0.5) is 0 Å². The summed E-state index contributed by atoms with van der Waals surface area (Å²) in [5, 5.41) is 16.5. The van der Waals surface area contributed by atoms with Gasteiger partial charge in [0, 0.05) is 23.1 Å². The zero-order valence-electron chi connectivity index (χ0n) is 23.4. The molecule has 2 unspecified atom stereocenters. The van der Waals surface area contributed by atoms with Crippen molar-refractivity contribution in [3.05, 3.63) is 130 Å². The molecule has 0 amide bonds. The van der Waals surface area contributed by atoms with Crippen molar-refractivity contribution >= 4 is 33.3 Å². The molecule has 9 nitrogen and oxygen atoms in total. The molecule has 11 heteroatoms. The number of hydrogen-bond donors (Lipinski definition) is 2. The predicted octanol–water partition coefficient (Wildman–Crippen LogP) is 5.45. The van der Waals surface area contributed by atoms with E-state index < -0.39 is 16.3 Å². The Morgan fingerprint density at radius 1 is 1.02 bits per heavy atom. The van der Waals surface area contributed by atoms with E-state index in [0.717, 1.165) is 22.4 Å². The van der Waals surface area contributed by atoms with Crippen LogP contribution in [0, 0.1) is 0 Å². The molecule has 0 spiro atoms. The molecule has 4 aromatic carbocycles. The lowest BCUT2D eigenvalue weighted by molar-refractivity contribution is -0.0979. The molecule has 0 fully saturated rings. The number of nitrogens with two attached hydrogens (primary N) is 1. The van der Waals surface area contributed by atoms with Gasteiger partial charge in [0.25, 0.3) is 10.0 Å². The second-order valence-corrected chi connectivity index (χ2v) is 11.8. The van der Waals surface area contributed by atoms with Crippen LogP contribution in [0.1, 0.15) is 41.4 Å². The van der Waals surface area contributed by atoms with Crippen molar-refractivity contribution in [3.8, 4) is 5.75 Å². The maximum atomic E-state index is 12.9. The summed E-state index contributed by atoms with van der Waals surface area (Å²) in [6, 6.07) is 30.5. The molecule has 0 aromatic heterocycles. The van der Waals surface area contributed by atoms with Crippen molar-refractivity contribution in [1.29, 1.82) is 0 Å². The van der Waals surface area contributed by atoms with E-state index in [1.807, 2.05) is 85.8 Å². The number of ether oxygens (including phenoxy) is 2. The van der Waals surface area contributed by atoms with Gasteiger partial charge in [-0.1, -0.05) is 66.2 Å². The molecule has 0 radical (unpaired) electrons. The van der Waals surface area contributed by atoms with Gasteiger partial charge in [-0.2, -0.15) is 13.5 Å². The van der Waals surface area contributed by atoms with Gasteiger partial charge in [-0.15, -0.1) is 4.40 Å². The minimum Gasteiger partial charge on any atom is -0.489 e. The van der Waals surface area contributed by atoms with Crippen LogP contribution < -0.4 is 10.5 Å².